The van der Waals surface area contributed by atoms with Crippen LogP contribution in [0, 0.1) is 0 Å². The van der Waals surface area contributed by atoms with Gasteiger partial charge < -0.3 is 4.74 Å². The minimum absolute atomic E-state index is 0.110. The Labute approximate surface area is 112 Å². The van der Waals surface area contributed by atoms with Gasteiger partial charge in [-0.25, -0.2) is 4.31 Å². The van der Waals surface area contributed by atoms with Crippen LogP contribution in [-0.2, 0) is 14.3 Å². The topological polar surface area (TPSA) is 46.6 Å². The smallest absolute Gasteiger partial charge is 0.265 e. The zero-order valence-electron chi connectivity index (χ0n) is 8.48. The third-order valence-electron chi connectivity index (χ3n) is 2.01. The molecule has 7 heteroatoms. The van der Waals surface area contributed by atoms with Crippen LogP contribution in [0.4, 0.5) is 0 Å². The predicted octanol–water partition coefficient (Wildman–Crippen LogP) is 2.39. The molecule has 0 spiro atoms. The Kier molecular flexibility index (Phi) is 3.93. The molecule has 0 aliphatic carbocycles. The standard InChI is InChI=1S/C10H7Cl2NO3S/c11-6-2-1-3-7(12)10(6)17-13-8(14)4-16-5-9(13)15/h1-3H,4-5H2. The molecular weight excluding hydrogens is 285 g/mol. The fraction of sp³-hybridized carbons (Fsp3) is 0.200. The summed E-state index contributed by atoms with van der Waals surface area (Å²) in [6.45, 7) is -0.221. The Morgan fingerprint density at radius 2 is 1.65 bits per heavy atom. The summed E-state index contributed by atoms with van der Waals surface area (Å²) in [6.07, 6.45) is 0. The first kappa shape index (κ1) is 12.7. The Morgan fingerprint density at radius 3 is 2.18 bits per heavy atom. The van der Waals surface area contributed by atoms with E-state index in [4.69, 9.17) is 27.9 Å². The highest BCUT2D eigenvalue weighted by Crippen LogP contribution is 2.36. The summed E-state index contributed by atoms with van der Waals surface area (Å²) in [5.41, 5.74) is 0. The molecule has 0 aromatic heterocycles. The van der Waals surface area contributed by atoms with Gasteiger partial charge in [0.05, 0.1) is 14.9 Å². The van der Waals surface area contributed by atoms with E-state index in [1.807, 2.05) is 0 Å². The van der Waals surface area contributed by atoms with Gasteiger partial charge >= 0.3 is 0 Å². The van der Waals surface area contributed by atoms with Gasteiger partial charge in [-0.05, 0) is 12.1 Å². The SMILES string of the molecule is O=C1COCC(=O)N1Sc1c(Cl)cccc1Cl. The van der Waals surface area contributed by atoms with E-state index in [1.165, 1.54) is 0 Å². The van der Waals surface area contributed by atoms with E-state index in [0.29, 0.717) is 14.9 Å². The van der Waals surface area contributed by atoms with Crippen LogP contribution in [-0.4, -0.2) is 29.3 Å². The third kappa shape index (κ3) is 2.74. The number of nitrogens with zero attached hydrogens (tertiary/aromatic N) is 1. The van der Waals surface area contributed by atoms with Gasteiger partial charge in [-0.15, -0.1) is 0 Å². The van der Waals surface area contributed by atoms with Crippen LogP contribution in [0.5, 0.6) is 0 Å². The van der Waals surface area contributed by atoms with Crippen molar-refractivity contribution >= 4 is 47.0 Å². The van der Waals surface area contributed by atoms with Crippen LogP contribution < -0.4 is 0 Å². The van der Waals surface area contributed by atoms with Gasteiger partial charge in [0.25, 0.3) is 11.8 Å². The number of amides is 2. The minimum atomic E-state index is -0.415. The van der Waals surface area contributed by atoms with Crippen LogP contribution in [0.15, 0.2) is 23.1 Å². The molecule has 0 N–H and O–H groups in total. The van der Waals surface area contributed by atoms with Crippen LogP contribution in [0.3, 0.4) is 0 Å². The third-order valence-corrected chi connectivity index (χ3v) is 4.07. The van der Waals surface area contributed by atoms with Gasteiger partial charge in [-0.2, -0.15) is 0 Å². The normalized spacial score (nSPS) is 16.5. The van der Waals surface area contributed by atoms with Crippen LogP contribution in [0.1, 0.15) is 0 Å². The second kappa shape index (κ2) is 5.27. The van der Waals surface area contributed by atoms with Crippen LogP contribution in [0.2, 0.25) is 10.0 Å². The van der Waals surface area contributed by atoms with E-state index in [0.717, 1.165) is 16.3 Å². The van der Waals surface area contributed by atoms with E-state index >= 15 is 0 Å². The lowest BCUT2D eigenvalue weighted by Crippen LogP contribution is -2.41. The molecule has 1 aliphatic heterocycles. The van der Waals surface area contributed by atoms with Gasteiger partial charge in [0, 0.05) is 11.9 Å². The first-order valence-electron chi connectivity index (χ1n) is 4.65. The van der Waals surface area contributed by atoms with E-state index in [1.54, 1.807) is 18.2 Å². The molecule has 0 atom stereocenters. The van der Waals surface area contributed by atoms with E-state index in [2.05, 4.69) is 0 Å². The average molecular weight is 292 g/mol. The van der Waals surface area contributed by atoms with Gasteiger partial charge in [0.15, 0.2) is 0 Å². The van der Waals surface area contributed by atoms with Crippen molar-refractivity contribution in [3.63, 3.8) is 0 Å². The summed E-state index contributed by atoms with van der Waals surface area (Å²) in [5, 5.41) is 0.796. The highest BCUT2D eigenvalue weighted by Gasteiger charge is 2.29. The summed E-state index contributed by atoms with van der Waals surface area (Å²) in [4.78, 5) is 23.5. The van der Waals surface area contributed by atoms with Crippen molar-refractivity contribution in [3.8, 4) is 0 Å². The maximum atomic E-state index is 11.5. The van der Waals surface area contributed by atoms with Crippen molar-refractivity contribution in [3.05, 3.63) is 28.2 Å². The van der Waals surface area contributed by atoms with Gasteiger partial charge in [-0.1, -0.05) is 29.3 Å². The minimum Gasteiger partial charge on any atom is -0.362 e. The monoisotopic (exact) mass is 291 g/mol. The van der Waals surface area contributed by atoms with Crippen molar-refractivity contribution in [2.75, 3.05) is 13.2 Å². The van der Waals surface area contributed by atoms with E-state index in [-0.39, 0.29) is 13.2 Å². The molecule has 0 radical (unpaired) electrons. The number of hydrogen-bond acceptors (Lipinski definition) is 4. The number of morpholine rings is 1. The quantitative estimate of drug-likeness (QED) is 0.620. The zero-order valence-corrected chi connectivity index (χ0v) is 10.8. The average Bonchev–Trinajstić information content (AvgIpc) is 2.27. The molecule has 1 aromatic rings. The van der Waals surface area contributed by atoms with Gasteiger partial charge in [0.2, 0.25) is 0 Å². The summed E-state index contributed by atoms with van der Waals surface area (Å²) < 4.78 is 5.83. The molecular formula is C10H7Cl2NO3S. The molecule has 2 amide bonds. The molecule has 0 unspecified atom stereocenters. The van der Waals surface area contributed by atoms with E-state index < -0.39 is 11.8 Å². The molecule has 1 heterocycles. The molecule has 2 rings (SSSR count). The summed E-state index contributed by atoms with van der Waals surface area (Å²) >= 11 is 12.8. The fourth-order valence-electron chi connectivity index (χ4n) is 1.24. The largest absolute Gasteiger partial charge is 0.362 e. The molecule has 0 bridgehead atoms. The lowest BCUT2D eigenvalue weighted by molar-refractivity contribution is -0.150. The Hall–Kier alpha value is -0.750. The molecule has 90 valence electrons. The predicted molar refractivity (Wildman–Crippen MR) is 65.0 cm³/mol. The molecule has 4 nitrogen and oxygen atoms in total. The number of carbonyl (C=O) groups is 2. The number of ether oxygens (including phenoxy) is 1. The highest BCUT2D eigenvalue weighted by molar-refractivity contribution is 7.98. The lowest BCUT2D eigenvalue weighted by Gasteiger charge is -2.23. The lowest BCUT2D eigenvalue weighted by atomic mass is 10.4. The number of hydrogen-bond donors (Lipinski definition) is 0. The number of halogens is 2. The molecule has 1 fully saturated rings. The van der Waals surface area contributed by atoms with Crippen molar-refractivity contribution in [1.29, 1.82) is 0 Å². The zero-order chi connectivity index (χ0) is 12.4. The Bertz CT molecular complexity index is 444. The van der Waals surface area contributed by atoms with Gasteiger partial charge in [0.1, 0.15) is 13.2 Å². The van der Waals surface area contributed by atoms with Crippen molar-refractivity contribution in [2.24, 2.45) is 0 Å². The second-order valence-corrected chi connectivity index (χ2v) is 4.99. The maximum Gasteiger partial charge on any atom is 0.265 e. The molecule has 1 aliphatic rings. The number of rotatable bonds is 2. The molecule has 0 saturated carbocycles. The van der Waals surface area contributed by atoms with E-state index in [9.17, 15) is 9.59 Å². The van der Waals surface area contributed by atoms with Crippen molar-refractivity contribution < 1.29 is 14.3 Å². The Morgan fingerprint density at radius 1 is 1.12 bits per heavy atom. The summed E-state index contributed by atoms with van der Waals surface area (Å²) in [5.74, 6) is -0.829. The van der Waals surface area contributed by atoms with Crippen molar-refractivity contribution in [2.45, 2.75) is 4.90 Å². The summed E-state index contributed by atoms with van der Waals surface area (Å²) in [6, 6.07) is 4.98. The number of benzene rings is 1. The maximum absolute atomic E-state index is 11.5. The molecule has 17 heavy (non-hydrogen) atoms. The van der Waals surface area contributed by atoms with Crippen LogP contribution >= 0.6 is 35.1 Å². The first-order valence-corrected chi connectivity index (χ1v) is 6.18. The fourth-order valence-corrected chi connectivity index (χ4v) is 2.65. The second-order valence-electron chi connectivity index (χ2n) is 3.22. The first-order chi connectivity index (χ1) is 8.09. The summed E-state index contributed by atoms with van der Waals surface area (Å²) in [7, 11) is 0. The Balaban J connectivity index is 2.25. The van der Waals surface area contributed by atoms with Gasteiger partial charge in [-0.3, -0.25) is 9.59 Å². The molecule has 1 aromatic carbocycles. The molecule has 1 saturated heterocycles. The highest BCUT2D eigenvalue weighted by atomic mass is 35.5. The van der Waals surface area contributed by atoms with Crippen LogP contribution in [0.25, 0.3) is 0 Å². The number of imide groups is 1. The number of carbonyl (C=O) groups excluding carboxylic acids is 2. The van der Waals surface area contributed by atoms with Crippen molar-refractivity contribution in [1.82, 2.24) is 4.31 Å².